The summed E-state index contributed by atoms with van der Waals surface area (Å²) in [5.74, 6) is 1.04. The number of halogens is 1. The Labute approximate surface area is 182 Å². The molecule has 1 aliphatic carbocycles. The smallest absolute Gasteiger partial charge is 0.230 e. The molecule has 0 aromatic rings. The van der Waals surface area contributed by atoms with Crippen LogP contribution in [-0.2, 0) is 4.79 Å². The third kappa shape index (κ3) is 6.48. The first-order valence-electron chi connectivity index (χ1n) is 10.2. The average molecular weight is 493 g/mol. The van der Waals surface area contributed by atoms with Crippen molar-refractivity contribution in [1.82, 2.24) is 20.4 Å². The maximum absolute atomic E-state index is 12.7. The summed E-state index contributed by atoms with van der Waals surface area (Å²) in [6.45, 7) is 8.47. The Morgan fingerprint density at radius 1 is 1.07 bits per heavy atom. The van der Waals surface area contributed by atoms with Crippen LogP contribution in [0, 0.1) is 5.41 Å². The molecule has 7 heteroatoms. The summed E-state index contributed by atoms with van der Waals surface area (Å²) in [5.41, 5.74) is -0.175. The minimum absolute atomic E-state index is 0. The number of piperidine rings is 1. The molecule has 0 radical (unpaired) electrons. The number of nitrogens with one attached hydrogen (secondary N) is 2. The second kappa shape index (κ2) is 10.8. The first-order valence-corrected chi connectivity index (χ1v) is 10.2. The van der Waals surface area contributed by atoms with Gasteiger partial charge in [0.05, 0.1) is 5.41 Å². The molecule has 0 spiro atoms. The maximum atomic E-state index is 12.7. The first-order chi connectivity index (χ1) is 12.3. The van der Waals surface area contributed by atoms with Crippen LogP contribution in [0.4, 0.5) is 0 Å². The molecule has 2 rings (SSSR count). The molecule has 1 aliphatic heterocycles. The zero-order valence-corrected chi connectivity index (χ0v) is 20.3. The van der Waals surface area contributed by atoms with E-state index in [1.54, 1.807) is 11.9 Å². The molecule has 2 N–H and O–H groups in total. The summed E-state index contributed by atoms with van der Waals surface area (Å²) in [6.07, 6.45) is 8.15. The zero-order valence-electron chi connectivity index (χ0n) is 17.9. The van der Waals surface area contributed by atoms with E-state index in [0.29, 0.717) is 6.54 Å². The number of hydrogen-bond donors (Lipinski definition) is 2. The lowest BCUT2D eigenvalue weighted by molar-refractivity contribution is -0.138. The molecule has 0 unspecified atom stereocenters. The van der Waals surface area contributed by atoms with Gasteiger partial charge >= 0.3 is 0 Å². The van der Waals surface area contributed by atoms with E-state index < -0.39 is 0 Å². The number of rotatable bonds is 6. The van der Waals surface area contributed by atoms with Crippen LogP contribution in [0.2, 0.25) is 0 Å². The summed E-state index contributed by atoms with van der Waals surface area (Å²) in [6, 6.07) is 0. The van der Waals surface area contributed by atoms with Gasteiger partial charge in [-0.1, -0.05) is 19.3 Å². The van der Waals surface area contributed by atoms with Crippen LogP contribution in [0.1, 0.15) is 58.8 Å². The summed E-state index contributed by atoms with van der Waals surface area (Å²) in [5, 5.41) is 6.92. The molecule has 0 atom stereocenters. The van der Waals surface area contributed by atoms with E-state index in [2.05, 4.69) is 34.4 Å². The van der Waals surface area contributed by atoms with Crippen LogP contribution in [0.5, 0.6) is 0 Å². The van der Waals surface area contributed by atoms with Crippen LogP contribution in [0.3, 0.4) is 0 Å². The molecule has 0 bridgehead atoms. The van der Waals surface area contributed by atoms with E-state index in [-0.39, 0.29) is 40.8 Å². The Balaban J connectivity index is 0.00000364. The third-order valence-corrected chi connectivity index (χ3v) is 6.14. The molecule has 1 saturated heterocycles. The number of carbonyl (C=O) groups excluding carboxylic acids is 1. The van der Waals surface area contributed by atoms with Gasteiger partial charge in [0.2, 0.25) is 5.91 Å². The molecule has 1 amide bonds. The van der Waals surface area contributed by atoms with Gasteiger partial charge in [0.15, 0.2) is 5.96 Å². The molecule has 2 fully saturated rings. The van der Waals surface area contributed by atoms with Gasteiger partial charge in [0.1, 0.15) is 0 Å². The van der Waals surface area contributed by atoms with Crippen molar-refractivity contribution < 1.29 is 4.79 Å². The van der Waals surface area contributed by atoms with Crippen LogP contribution in [0.25, 0.3) is 0 Å². The second-order valence-corrected chi connectivity index (χ2v) is 8.83. The van der Waals surface area contributed by atoms with E-state index in [1.807, 2.05) is 14.1 Å². The summed E-state index contributed by atoms with van der Waals surface area (Å²) in [4.78, 5) is 21.4. The quantitative estimate of drug-likeness (QED) is 0.340. The molecule has 27 heavy (non-hydrogen) atoms. The van der Waals surface area contributed by atoms with Crippen LogP contribution in [-0.4, -0.2) is 74.5 Å². The van der Waals surface area contributed by atoms with Crippen LogP contribution >= 0.6 is 24.0 Å². The Kier molecular flexibility index (Phi) is 9.82. The van der Waals surface area contributed by atoms with E-state index in [0.717, 1.165) is 38.2 Å². The molecule has 0 aromatic carbocycles. The molecular formula is C20H40IN5O. The monoisotopic (exact) mass is 493 g/mol. The highest BCUT2D eigenvalue weighted by atomic mass is 127. The fourth-order valence-electron chi connectivity index (χ4n) is 4.38. The Morgan fingerprint density at radius 3 is 2.19 bits per heavy atom. The van der Waals surface area contributed by atoms with Gasteiger partial charge in [0.25, 0.3) is 0 Å². The van der Waals surface area contributed by atoms with Gasteiger partial charge in [-0.2, -0.15) is 0 Å². The minimum atomic E-state index is -0.274. The van der Waals surface area contributed by atoms with Crippen molar-refractivity contribution in [2.75, 3.05) is 47.3 Å². The van der Waals surface area contributed by atoms with E-state index >= 15 is 0 Å². The number of guanidine groups is 1. The van der Waals surface area contributed by atoms with Crippen molar-refractivity contribution >= 4 is 35.8 Å². The third-order valence-electron chi connectivity index (χ3n) is 6.14. The van der Waals surface area contributed by atoms with Crippen molar-refractivity contribution in [1.29, 1.82) is 0 Å². The highest BCUT2D eigenvalue weighted by Crippen LogP contribution is 2.38. The number of hydrogen-bond acceptors (Lipinski definition) is 3. The Bertz CT molecular complexity index is 495. The standard InChI is InChI=1S/C20H39N5O.HI/c1-19(2,25-13-9-6-10-14-25)15-22-18(21-3)23-16-20(11-7-8-12-20)17(26)24(4)5;/h6-16H2,1-5H3,(H2,21,22,23);1H. The minimum Gasteiger partial charge on any atom is -0.355 e. The van der Waals surface area contributed by atoms with Crippen molar-refractivity contribution in [2.45, 2.75) is 64.3 Å². The fourth-order valence-corrected chi connectivity index (χ4v) is 4.38. The van der Waals surface area contributed by atoms with E-state index in [1.165, 1.54) is 32.4 Å². The van der Waals surface area contributed by atoms with E-state index in [9.17, 15) is 4.79 Å². The topological polar surface area (TPSA) is 60.0 Å². The van der Waals surface area contributed by atoms with Gasteiger partial charge < -0.3 is 15.5 Å². The van der Waals surface area contributed by atoms with E-state index in [4.69, 9.17) is 0 Å². The molecule has 0 aromatic heterocycles. The number of likely N-dealkylation sites (tertiary alicyclic amines) is 1. The number of nitrogens with zero attached hydrogens (tertiary/aromatic N) is 3. The normalized spacial score (nSPS) is 20.7. The highest BCUT2D eigenvalue weighted by Gasteiger charge is 2.42. The average Bonchev–Trinajstić information content (AvgIpc) is 3.12. The largest absolute Gasteiger partial charge is 0.355 e. The molecule has 1 saturated carbocycles. The van der Waals surface area contributed by atoms with Gasteiger partial charge in [-0.05, 0) is 52.6 Å². The van der Waals surface area contributed by atoms with Crippen molar-refractivity contribution in [3.8, 4) is 0 Å². The molecule has 158 valence electrons. The van der Waals surface area contributed by atoms with Gasteiger partial charge in [0, 0.05) is 39.8 Å². The molecular weight excluding hydrogens is 453 g/mol. The van der Waals surface area contributed by atoms with Crippen LogP contribution in [0.15, 0.2) is 4.99 Å². The van der Waals surface area contributed by atoms with Gasteiger partial charge in [-0.3, -0.25) is 14.7 Å². The predicted molar refractivity (Wildman–Crippen MR) is 124 cm³/mol. The summed E-state index contributed by atoms with van der Waals surface area (Å²) >= 11 is 0. The number of aliphatic imine (C=N–C) groups is 1. The molecule has 2 aliphatic rings. The van der Waals surface area contributed by atoms with Crippen molar-refractivity contribution in [3.63, 3.8) is 0 Å². The molecule has 6 nitrogen and oxygen atoms in total. The van der Waals surface area contributed by atoms with Crippen molar-refractivity contribution in [2.24, 2.45) is 10.4 Å². The lowest BCUT2D eigenvalue weighted by atomic mass is 9.84. The number of carbonyl (C=O) groups is 1. The SMILES string of the molecule is CN=C(NCC1(C(=O)N(C)C)CCCC1)NCC(C)(C)N1CCCCC1.I. The molecule has 1 heterocycles. The first kappa shape index (κ1) is 24.5. The predicted octanol–water partition coefficient (Wildman–Crippen LogP) is 2.68. The van der Waals surface area contributed by atoms with Gasteiger partial charge in [-0.15, -0.1) is 24.0 Å². The lowest BCUT2D eigenvalue weighted by Crippen LogP contribution is -2.56. The maximum Gasteiger partial charge on any atom is 0.230 e. The fraction of sp³-hybridized carbons (Fsp3) is 0.900. The van der Waals surface area contributed by atoms with Gasteiger partial charge in [-0.25, -0.2) is 0 Å². The van der Waals surface area contributed by atoms with Crippen LogP contribution < -0.4 is 10.6 Å². The summed E-state index contributed by atoms with van der Waals surface area (Å²) in [7, 11) is 5.52. The zero-order chi connectivity index (χ0) is 19.2. The van der Waals surface area contributed by atoms with Crippen molar-refractivity contribution in [3.05, 3.63) is 0 Å². The Morgan fingerprint density at radius 2 is 1.67 bits per heavy atom. The summed E-state index contributed by atoms with van der Waals surface area (Å²) < 4.78 is 0. The highest BCUT2D eigenvalue weighted by molar-refractivity contribution is 14.0. The Hall–Kier alpha value is -0.570. The lowest BCUT2D eigenvalue weighted by Gasteiger charge is -2.41. The second-order valence-electron chi connectivity index (χ2n) is 8.83. The number of amides is 1.